The van der Waals surface area contributed by atoms with Crippen molar-refractivity contribution in [1.29, 1.82) is 0 Å². The average molecular weight is 237 g/mol. The van der Waals surface area contributed by atoms with Crippen molar-refractivity contribution in [1.82, 2.24) is 9.38 Å². The number of aryl methyl sites for hydroxylation is 1. The number of imidazole rings is 1. The van der Waals surface area contributed by atoms with Crippen LogP contribution in [0.5, 0.6) is 0 Å². The minimum absolute atomic E-state index is 0.218. The van der Waals surface area contributed by atoms with Crippen LogP contribution < -0.4 is 0 Å². The third-order valence-corrected chi connectivity index (χ3v) is 2.79. The van der Waals surface area contributed by atoms with Crippen molar-refractivity contribution in [2.75, 3.05) is 0 Å². The summed E-state index contributed by atoms with van der Waals surface area (Å²) in [6.45, 7) is 8.68. The maximum atomic E-state index is 6.15. The summed E-state index contributed by atoms with van der Waals surface area (Å²) in [7, 11) is 0. The molecule has 3 heteroatoms. The number of fused-ring (bicyclic) bond motifs is 1. The molecule has 0 aromatic carbocycles. The molecule has 86 valence electrons. The molecule has 16 heavy (non-hydrogen) atoms. The lowest BCUT2D eigenvalue weighted by atomic mass is 9.92. The Hall–Kier alpha value is -1.02. The summed E-state index contributed by atoms with van der Waals surface area (Å²) < 4.78 is 2.08. The molecule has 0 aliphatic carbocycles. The van der Waals surface area contributed by atoms with Gasteiger partial charge in [0, 0.05) is 12.6 Å². The highest BCUT2D eigenvalue weighted by molar-refractivity contribution is 6.32. The number of halogens is 1. The Kier molecular flexibility index (Phi) is 2.70. The molecule has 0 aliphatic rings. The fourth-order valence-electron chi connectivity index (χ4n) is 1.81. The number of pyridine rings is 1. The van der Waals surface area contributed by atoms with E-state index in [2.05, 4.69) is 49.2 Å². The number of aromatic nitrogens is 2. The standard InChI is InChI=1S/C13H17ClN2/c1-9-5-6-16-10(7-9)12(14)15-11(16)8-13(2,3)4/h5-7H,8H2,1-4H3. The van der Waals surface area contributed by atoms with Gasteiger partial charge in [-0.15, -0.1) is 0 Å². The Morgan fingerprint density at radius 2 is 2.06 bits per heavy atom. The Morgan fingerprint density at radius 1 is 1.38 bits per heavy atom. The topological polar surface area (TPSA) is 17.3 Å². The summed E-state index contributed by atoms with van der Waals surface area (Å²) in [4.78, 5) is 4.44. The van der Waals surface area contributed by atoms with Crippen LogP contribution in [-0.4, -0.2) is 9.38 Å². The zero-order chi connectivity index (χ0) is 11.9. The quantitative estimate of drug-likeness (QED) is 0.735. The Morgan fingerprint density at radius 3 is 2.69 bits per heavy atom. The van der Waals surface area contributed by atoms with Gasteiger partial charge in [0.15, 0.2) is 5.15 Å². The summed E-state index contributed by atoms with van der Waals surface area (Å²) in [5.74, 6) is 1.03. The molecule has 2 aromatic rings. The van der Waals surface area contributed by atoms with E-state index in [1.165, 1.54) is 5.56 Å². The van der Waals surface area contributed by atoms with E-state index >= 15 is 0 Å². The molecule has 0 fully saturated rings. The molecular weight excluding hydrogens is 220 g/mol. The predicted octanol–water partition coefficient (Wildman–Crippen LogP) is 3.88. The molecule has 0 bridgehead atoms. The van der Waals surface area contributed by atoms with Gasteiger partial charge in [-0.25, -0.2) is 4.98 Å². The largest absolute Gasteiger partial charge is 0.302 e. The lowest BCUT2D eigenvalue weighted by Gasteiger charge is -2.16. The van der Waals surface area contributed by atoms with Crippen molar-refractivity contribution in [3.05, 3.63) is 34.9 Å². The highest BCUT2D eigenvalue weighted by atomic mass is 35.5. The molecule has 0 unspecified atom stereocenters. The molecule has 2 aromatic heterocycles. The van der Waals surface area contributed by atoms with Crippen molar-refractivity contribution >= 4 is 17.1 Å². The van der Waals surface area contributed by atoms with Crippen LogP contribution in [0, 0.1) is 12.3 Å². The molecule has 0 saturated heterocycles. The molecule has 2 heterocycles. The fourth-order valence-corrected chi connectivity index (χ4v) is 2.06. The number of hydrogen-bond donors (Lipinski definition) is 0. The van der Waals surface area contributed by atoms with Gasteiger partial charge in [0.05, 0.1) is 5.52 Å². The molecular formula is C13H17ClN2. The molecule has 0 aliphatic heterocycles. The normalized spacial score (nSPS) is 12.3. The van der Waals surface area contributed by atoms with Gasteiger partial charge >= 0.3 is 0 Å². The summed E-state index contributed by atoms with van der Waals surface area (Å²) in [6.07, 6.45) is 2.97. The first kappa shape index (κ1) is 11.5. The maximum Gasteiger partial charge on any atom is 0.155 e. The van der Waals surface area contributed by atoms with Gasteiger partial charge in [0.25, 0.3) is 0 Å². The lowest BCUT2D eigenvalue weighted by molar-refractivity contribution is 0.400. The van der Waals surface area contributed by atoms with Crippen molar-refractivity contribution in [2.24, 2.45) is 5.41 Å². The average Bonchev–Trinajstić information content (AvgIpc) is 2.40. The van der Waals surface area contributed by atoms with Crippen LogP contribution in [0.4, 0.5) is 0 Å². The van der Waals surface area contributed by atoms with Crippen LogP contribution in [0.1, 0.15) is 32.2 Å². The lowest BCUT2D eigenvalue weighted by Crippen LogP contribution is -2.11. The minimum Gasteiger partial charge on any atom is -0.302 e. The van der Waals surface area contributed by atoms with Gasteiger partial charge in [-0.05, 0) is 30.0 Å². The third-order valence-electron chi connectivity index (χ3n) is 2.52. The first-order valence-electron chi connectivity index (χ1n) is 5.50. The summed E-state index contributed by atoms with van der Waals surface area (Å²) in [6, 6.07) is 4.15. The summed E-state index contributed by atoms with van der Waals surface area (Å²) in [5, 5.41) is 0.600. The SMILES string of the molecule is Cc1ccn2c(CC(C)(C)C)nc(Cl)c2c1. The van der Waals surface area contributed by atoms with E-state index in [9.17, 15) is 0 Å². The second kappa shape index (κ2) is 3.77. The Bertz CT molecular complexity index is 520. The fraction of sp³-hybridized carbons (Fsp3) is 0.462. The molecule has 0 saturated carbocycles. The smallest absolute Gasteiger partial charge is 0.155 e. The number of nitrogens with zero attached hydrogens (tertiary/aromatic N) is 2. The van der Waals surface area contributed by atoms with Gasteiger partial charge in [0.2, 0.25) is 0 Å². The van der Waals surface area contributed by atoms with Crippen LogP contribution in [0.25, 0.3) is 5.52 Å². The van der Waals surface area contributed by atoms with Crippen molar-refractivity contribution in [3.8, 4) is 0 Å². The van der Waals surface area contributed by atoms with E-state index in [4.69, 9.17) is 11.6 Å². The second-order valence-corrected chi connectivity index (χ2v) is 5.87. The van der Waals surface area contributed by atoms with Gasteiger partial charge in [0.1, 0.15) is 5.82 Å². The predicted molar refractivity (Wildman–Crippen MR) is 68.1 cm³/mol. The molecule has 0 radical (unpaired) electrons. The van der Waals surface area contributed by atoms with Gasteiger partial charge in [-0.3, -0.25) is 0 Å². The zero-order valence-corrected chi connectivity index (χ0v) is 11.0. The molecule has 0 amide bonds. The van der Waals surface area contributed by atoms with E-state index in [1.54, 1.807) is 0 Å². The molecule has 0 spiro atoms. The van der Waals surface area contributed by atoms with Crippen molar-refractivity contribution in [2.45, 2.75) is 34.1 Å². The second-order valence-electron chi connectivity index (χ2n) is 5.52. The van der Waals surface area contributed by atoms with E-state index < -0.39 is 0 Å². The maximum absolute atomic E-state index is 6.15. The van der Waals surface area contributed by atoms with Crippen molar-refractivity contribution < 1.29 is 0 Å². The van der Waals surface area contributed by atoms with E-state index in [-0.39, 0.29) is 5.41 Å². The molecule has 2 rings (SSSR count). The van der Waals surface area contributed by atoms with Crippen LogP contribution in [0.3, 0.4) is 0 Å². The molecule has 2 nitrogen and oxygen atoms in total. The highest BCUT2D eigenvalue weighted by Crippen LogP contribution is 2.25. The Labute approximate surface area is 101 Å². The Balaban J connectivity index is 2.55. The van der Waals surface area contributed by atoms with E-state index in [0.717, 1.165) is 17.8 Å². The first-order chi connectivity index (χ1) is 7.37. The van der Waals surface area contributed by atoms with Crippen LogP contribution in [0.15, 0.2) is 18.3 Å². The zero-order valence-electron chi connectivity index (χ0n) is 10.2. The van der Waals surface area contributed by atoms with Gasteiger partial charge < -0.3 is 4.40 Å². The minimum atomic E-state index is 0.218. The third kappa shape index (κ3) is 2.22. The summed E-state index contributed by atoms with van der Waals surface area (Å²) in [5.41, 5.74) is 2.42. The van der Waals surface area contributed by atoms with Crippen LogP contribution in [-0.2, 0) is 6.42 Å². The van der Waals surface area contributed by atoms with Gasteiger partial charge in [-0.1, -0.05) is 32.4 Å². The van der Waals surface area contributed by atoms with Crippen molar-refractivity contribution in [3.63, 3.8) is 0 Å². The van der Waals surface area contributed by atoms with Crippen LogP contribution in [0.2, 0.25) is 5.15 Å². The molecule has 0 atom stereocenters. The summed E-state index contributed by atoms with van der Waals surface area (Å²) >= 11 is 6.15. The molecule has 0 N–H and O–H groups in total. The van der Waals surface area contributed by atoms with Crippen LogP contribution >= 0.6 is 11.6 Å². The van der Waals surface area contributed by atoms with E-state index in [1.807, 2.05) is 6.20 Å². The van der Waals surface area contributed by atoms with Gasteiger partial charge in [-0.2, -0.15) is 0 Å². The van der Waals surface area contributed by atoms with E-state index in [0.29, 0.717) is 5.15 Å². The first-order valence-corrected chi connectivity index (χ1v) is 5.88. The monoisotopic (exact) mass is 236 g/mol. The number of hydrogen-bond acceptors (Lipinski definition) is 1. The highest BCUT2D eigenvalue weighted by Gasteiger charge is 2.17. The number of rotatable bonds is 1.